The molecule has 1 aliphatic rings. The number of nitrogens with one attached hydrogen (secondary N) is 1. The zero-order valence-electron chi connectivity index (χ0n) is 20.3. The molecule has 4 rings (SSSR count). The van der Waals surface area contributed by atoms with Crippen LogP contribution in [0.4, 0.5) is 0 Å². The highest BCUT2D eigenvalue weighted by Gasteiger charge is 2.32. The van der Waals surface area contributed by atoms with Gasteiger partial charge in [0.1, 0.15) is 6.04 Å². The van der Waals surface area contributed by atoms with Crippen LogP contribution in [-0.2, 0) is 29.0 Å². The van der Waals surface area contributed by atoms with Crippen molar-refractivity contribution < 1.29 is 9.59 Å². The van der Waals surface area contributed by atoms with Crippen molar-refractivity contribution in [3.63, 3.8) is 0 Å². The molecule has 1 atom stereocenters. The van der Waals surface area contributed by atoms with Crippen LogP contribution < -0.4 is 5.32 Å². The largest absolute Gasteiger partial charge is 0.352 e. The lowest BCUT2D eigenvalue weighted by atomic mass is 10.0. The lowest BCUT2D eigenvalue weighted by molar-refractivity contribution is -0.141. The molecule has 0 spiro atoms. The van der Waals surface area contributed by atoms with Crippen LogP contribution in [0.1, 0.15) is 47.9 Å². The molecule has 0 aliphatic heterocycles. The highest BCUT2D eigenvalue weighted by atomic mass is 35.5. The van der Waals surface area contributed by atoms with E-state index in [4.69, 9.17) is 11.6 Å². The second-order valence-corrected chi connectivity index (χ2v) is 9.94. The lowest BCUT2D eigenvalue weighted by Crippen LogP contribution is -2.52. The number of halogens is 1. The zero-order valence-corrected chi connectivity index (χ0v) is 21.0. The number of hydrogen-bond acceptors (Lipinski definition) is 2. The molecule has 0 unspecified atom stereocenters. The number of nitrogens with zero attached hydrogens (tertiary/aromatic N) is 1. The minimum absolute atomic E-state index is 0.0636. The van der Waals surface area contributed by atoms with E-state index in [0.29, 0.717) is 18.0 Å². The maximum atomic E-state index is 13.8. The Morgan fingerprint density at radius 1 is 0.886 bits per heavy atom. The molecule has 0 heterocycles. The smallest absolute Gasteiger partial charge is 0.243 e. The van der Waals surface area contributed by atoms with E-state index < -0.39 is 6.04 Å². The van der Waals surface area contributed by atoms with Crippen LogP contribution in [0.15, 0.2) is 78.9 Å². The maximum absolute atomic E-state index is 13.8. The summed E-state index contributed by atoms with van der Waals surface area (Å²) in [6.45, 7) is 2.37. The van der Waals surface area contributed by atoms with E-state index in [1.165, 1.54) is 0 Å². The van der Waals surface area contributed by atoms with Crippen molar-refractivity contribution in [1.29, 1.82) is 0 Å². The molecule has 1 aliphatic carbocycles. The van der Waals surface area contributed by atoms with Gasteiger partial charge < -0.3 is 10.2 Å². The normalized spacial score (nSPS) is 14.5. The third-order valence-electron chi connectivity index (χ3n) is 6.71. The Morgan fingerprint density at radius 3 is 2.17 bits per heavy atom. The van der Waals surface area contributed by atoms with Crippen molar-refractivity contribution in [3.05, 3.63) is 106 Å². The third-order valence-corrected chi connectivity index (χ3v) is 6.97. The van der Waals surface area contributed by atoms with Crippen LogP contribution in [0.2, 0.25) is 5.02 Å². The molecule has 1 fully saturated rings. The standard InChI is InChI=1S/C30H33ClN2O2/c1-22-11-13-24(14-12-22)20-29(34)33(21-25-15-17-26(31)18-16-25)28(19-23-7-3-2-4-8-23)30(35)32-27-9-5-6-10-27/h2-4,7-8,11-18,27-28H,5-6,9-10,19-21H2,1H3,(H,32,35)/t28-/m0/s1. The molecule has 35 heavy (non-hydrogen) atoms. The molecule has 0 bridgehead atoms. The fourth-order valence-electron chi connectivity index (χ4n) is 4.69. The van der Waals surface area contributed by atoms with Crippen LogP contribution in [-0.4, -0.2) is 28.8 Å². The summed E-state index contributed by atoms with van der Waals surface area (Å²) in [5.41, 5.74) is 4.06. The summed E-state index contributed by atoms with van der Waals surface area (Å²) >= 11 is 6.10. The van der Waals surface area contributed by atoms with Crippen molar-refractivity contribution in [2.24, 2.45) is 0 Å². The Bertz CT molecular complexity index is 1110. The number of carbonyl (C=O) groups excluding carboxylic acids is 2. The first-order valence-corrected chi connectivity index (χ1v) is 12.8. The van der Waals surface area contributed by atoms with E-state index in [1.54, 1.807) is 4.90 Å². The van der Waals surface area contributed by atoms with Gasteiger partial charge in [-0.05, 0) is 48.6 Å². The Kier molecular flexibility index (Phi) is 8.59. The fraction of sp³-hybridized carbons (Fsp3) is 0.333. The number of carbonyl (C=O) groups is 2. The van der Waals surface area contributed by atoms with Gasteiger partial charge >= 0.3 is 0 Å². The Labute approximate surface area is 213 Å². The molecule has 182 valence electrons. The van der Waals surface area contributed by atoms with Gasteiger partial charge in [0.15, 0.2) is 0 Å². The summed E-state index contributed by atoms with van der Waals surface area (Å²) in [5, 5.41) is 3.89. The number of amides is 2. The SMILES string of the molecule is Cc1ccc(CC(=O)N(Cc2ccc(Cl)cc2)[C@@H](Cc2ccccc2)C(=O)NC2CCCC2)cc1. The van der Waals surface area contributed by atoms with Crippen LogP contribution in [0, 0.1) is 6.92 Å². The average Bonchev–Trinajstić information content (AvgIpc) is 3.37. The topological polar surface area (TPSA) is 49.4 Å². The maximum Gasteiger partial charge on any atom is 0.243 e. The minimum Gasteiger partial charge on any atom is -0.352 e. The summed E-state index contributed by atoms with van der Waals surface area (Å²) in [6, 6.07) is 25.0. The van der Waals surface area contributed by atoms with E-state index in [9.17, 15) is 9.59 Å². The fourth-order valence-corrected chi connectivity index (χ4v) is 4.82. The molecule has 1 N–H and O–H groups in total. The molecular formula is C30H33ClN2O2. The van der Waals surface area contributed by atoms with Crippen molar-refractivity contribution in [3.8, 4) is 0 Å². The van der Waals surface area contributed by atoms with Crippen molar-refractivity contribution in [2.75, 3.05) is 0 Å². The summed E-state index contributed by atoms with van der Waals surface area (Å²) < 4.78 is 0. The van der Waals surface area contributed by atoms with Gasteiger partial charge in [-0.3, -0.25) is 9.59 Å². The lowest BCUT2D eigenvalue weighted by Gasteiger charge is -2.32. The molecule has 3 aromatic carbocycles. The molecule has 3 aromatic rings. The van der Waals surface area contributed by atoms with Gasteiger partial charge in [-0.2, -0.15) is 0 Å². The van der Waals surface area contributed by atoms with E-state index in [2.05, 4.69) is 5.32 Å². The van der Waals surface area contributed by atoms with E-state index in [0.717, 1.165) is 47.9 Å². The second-order valence-electron chi connectivity index (χ2n) is 9.51. The van der Waals surface area contributed by atoms with Gasteiger partial charge in [0.05, 0.1) is 6.42 Å². The van der Waals surface area contributed by atoms with Crippen LogP contribution >= 0.6 is 11.6 Å². The molecular weight excluding hydrogens is 456 g/mol. The van der Waals surface area contributed by atoms with Crippen molar-refractivity contribution in [1.82, 2.24) is 10.2 Å². The van der Waals surface area contributed by atoms with Gasteiger partial charge in [-0.15, -0.1) is 0 Å². The van der Waals surface area contributed by atoms with Gasteiger partial charge in [-0.25, -0.2) is 0 Å². The molecule has 2 amide bonds. The molecule has 1 saturated carbocycles. The van der Waals surface area contributed by atoms with Gasteiger partial charge in [-0.1, -0.05) is 96.7 Å². The van der Waals surface area contributed by atoms with E-state index in [1.807, 2.05) is 85.8 Å². The van der Waals surface area contributed by atoms with E-state index >= 15 is 0 Å². The van der Waals surface area contributed by atoms with Crippen LogP contribution in [0.5, 0.6) is 0 Å². The third kappa shape index (κ3) is 7.19. The number of benzene rings is 3. The van der Waals surface area contributed by atoms with Crippen molar-refractivity contribution >= 4 is 23.4 Å². The number of hydrogen-bond donors (Lipinski definition) is 1. The first-order chi connectivity index (χ1) is 17.0. The van der Waals surface area contributed by atoms with Crippen LogP contribution in [0.25, 0.3) is 0 Å². The van der Waals surface area contributed by atoms with Gasteiger partial charge in [0, 0.05) is 24.0 Å². The predicted molar refractivity (Wildman–Crippen MR) is 141 cm³/mol. The number of rotatable bonds is 9. The highest BCUT2D eigenvalue weighted by Crippen LogP contribution is 2.21. The quantitative estimate of drug-likeness (QED) is 0.408. The molecule has 0 aromatic heterocycles. The summed E-state index contributed by atoms with van der Waals surface area (Å²) in [4.78, 5) is 29.2. The second kappa shape index (κ2) is 12.0. The summed E-state index contributed by atoms with van der Waals surface area (Å²) in [6.07, 6.45) is 4.98. The predicted octanol–water partition coefficient (Wildman–Crippen LogP) is 5.89. The Hall–Kier alpha value is -3.11. The number of aryl methyl sites for hydroxylation is 1. The first-order valence-electron chi connectivity index (χ1n) is 12.4. The molecule has 5 heteroatoms. The molecule has 0 saturated heterocycles. The molecule has 4 nitrogen and oxygen atoms in total. The highest BCUT2D eigenvalue weighted by molar-refractivity contribution is 6.30. The summed E-state index contributed by atoms with van der Waals surface area (Å²) in [7, 11) is 0. The van der Waals surface area contributed by atoms with Gasteiger partial charge in [0.25, 0.3) is 0 Å². The summed E-state index contributed by atoms with van der Waals surface area (Å²) in [5.74, 6) is -0.140. The Balaban J connectivity index is 1.64. The monoisotopic (exact) mass is 488 g/mol. The molecule has 0 radical (unpaired) electrons. The van der Waals surface area contributed by atoms with E-state index in [-0.39, 0.29) is 24.3 Å². The first kappa shape index (κ1) is 25.0. The Morgan fingerprint density at radius 2 is 1.51 bits per heavy atom. The average molecular weight is 489 g/mol. The van der Waals surface area contributed by atoms with Gasteiger partial charge in [0.2, 0.25) is 11.8 Å². The van der Waals surface area contributed by atoms with Crippen molar-refractivity contribution in [2.45, 2.75) is 64.1 Å². The zero-order chi connectivity index (χ0) is 24.6. The minimum atomic E-state index is -0.605. The van der Waals surface area contributed by atoms with Crippen LogP contribution in [0.3, 0.4) is 0 Å².